The lowest BCUT2D eigenvalue weighted by Gasteiger charge is -2.37. The summed E-state index contributed by atoms with van der Waals surface area (Å²) in [7, 11) is 2.21. The van der Waals surface area contributed by atoms with E-state index in [2.05, 4.69) is 88.4 Å². The molecule has 4 aromatic rings. The zero-order valence-electron chi connectivity index (χ0n) is 28.1. The molecule has 48 heavy (non-hydrogen) atoms. The second-order valence-corrected chi connectivity index (χ2v) is 14.3. The number of halogens is 1. The number of pyridine rings is 2. The van der Waals surface area contributed by atoms with E-state index in [1.165, 1.54) is 34.6 Å². The monoisotopic (exact) mass is 648 g/mol. The first-order chi connectivity index (χ1) is 23.2. The molecule has 2 fully saturated rings. The number of anilines is 1. The Morgan fingerprint density at radius 1 is 1.00 bits per heavy atom. The summed E-state index contributed by atoms with van der Waals surface area (Å²) in [6.07, 6.45) is 6.50. The molecular formula is C39H45FN6O2. The number of piperazine rings is 1. The molecule has 0 radical (unpaired) electrons. The molecule has 3 atom stereocenters. The van der Waals surface area contributed by atoms with E-state index >= 15 is 0 Å². The summed E-state index contributed by atoms with van der Waals surface area (Å²) in [5.74, 6) is -0.875. The van der Waals surface area contributed by atoms with Crippen LogP contribution in [0.5, 0.6) is 0 Å². The number of carbonyl (C=O) groups excluding carboxylic acids is 1. The van der Waals surface area contributed by atoms with Crippen molar-refractivity contribution in [3.05, 3.63) is 101 Å². The first kappa shape index (κ1) is 32.4. The van der Waals surface area contributed by atoms with Crippen molar-refractivity contribution in [2.24, 2.45) is 0 Å². The van der Waals surface area contributed by atoms with Gasteiger partial charge in [0.05, 0.1) is 24.3 Å². The van der Waals surface area contributed by atoms with Crippen molar-refractivity contribution in [2.75, 3.05) is 39.0 Å². The lowest BCUT2D eigenvalue weighted by Crippen LogP contribution is -2.45. The number of amides is 1. The van der Waals surface area contributed by atoms with Crippen molar-refractivity contribution in [3.63, 3.8) is 0 Å². The average molecular weight is 649 g/mol. The number of hydrogen-bond acceptors (Lipinski definition) is 7. The van der Waals surface area contributed by atoms with E-state index < -0.39 is 5.95 Å². The number of rotatable bonds is 8. The summed E-state index contributed by atoms with van der Waals surface area (Å²) < 4.78 is 20.6. The maximum absolute atomic E-state index is 14.3. The molecule has 1 saturated heterocycles. The predicted octanol–water partition coefficient (Wildman–Crippen LogP) is 6.37. The highest BCUT2D eigenvalue weighted by molar-refractivity contribution is 5.99. The van der Waals surface area contributed by atoms with Crippen molar-refractivity contribution < 1.29 is 13.9 Å². The highest BCUT2D eigenvalue weighted by Crippen LogP contribution is 2.48. The van der Waals surface area contributed by atoms with Crippen LogP contribution in [0.1, 0.15) is 72.6 Å². The van der Waals surface area contributed by atoms with Gasteiger partial charge in [-0.15, -0.1) is 0 Å². The van der Waals surface area contributed by atoms with Crippen molar-refractivity contribution in [3.8, 4) is 22.3 Å². The topological polar surface area (TPSA) is 96.6 Å². The van der Waals surface area contributed by atoms with Gasteiger partial charge >= 0.3 is 0 Å². The minimum Gasteiger partial charge on any atom is -0.383 e. The predicted molar refractivity (Wildman–Crippen MR) is 187 cm³/mol. The fourth-order valence-corrected chi connectivity index (χ4v) is 7.71. The minimum atomic E-state index is -0.626. The first-order valence-corrected chi connectivity index (χ1v) is 17.1. The van der Waals surface area contributed by atoms with Crippen molar-refractivity contribution in [1.82, 2.24) is 25.1 Å². The molecule has 0 unspecified atom stereocenters. The van der Waals surface area contributed by atoms with E-state index in [4.69, 9.17) is 10.5 Å². The lowest BCUT2D eigenvalue weighted by molar-refractivity contribution is 0.0272. The number of ether oxygens (including phenoxy) is 1. The standard InChI is InChI=1S/C39H45FN6O2/c1-39(2)22-34(46-18-16-45(3)17-19-46)30-14-13-27(21-32(30)39)26-11-9-25(10-12-26)24-48-35-8-4-7-33(35)44-38(47)31-20-28(23-43-37(31)41)29-6-5-15-42-36(29)40/h5-6,9-15,20-21,23,33-35H,4,7-8,16-19,22,24H2,1-3H3,(H2,41,43)(H,44,47)/t33-,34-,35-/m0/s1. The third kappa shape index (κ3) is 6.59. The van der Waals surface area contributed by atoms with Crippen LogP contribution >= 0.6 is 0 Å². The normalized spacial score (nSPS) is 22.5. The van der Waals surface area contributed by atoms with Gasteiger partial charge in [-0.1, -0.05) is 56.3 Å². The zero-order chi connectivity index (χ0) is 33.4. The Morgan fingerprint density at radius 3 is 2.54 bits per heavy atom. The van der Waals surface area contributed by atoms with Gasteiger partial charge in [0, 0.05) is 55.7 Å². The molecule has 1 amide bonds. The van der Waals surface area contributed by atoms with Crippen LogP contribution in [0.4, 0.5) is 10.2 Å². The molecule has 3 heterocycles. The second kappa shape index (κ2) is 13.4. The Balaban J connectivity index is 0.984. The first-order valence-electron chi connectivity index (χ1n) is 17.1. The molecule has 0 spiro atoms. The maximum Gasteiger partial charge on any atom is 0.255 e. The fraction of sp³-hybridized carbons (Fsp3) is 0.410. The van der Waals surface area contributed by atoms with E-state index in [9.17, 15) is 9.18 Å². The molecule has 7 rings (SSSR count). The van der Waals surface area contributed by atoms with E-state index in [0.717, 1.165) is 57.4 Å². The van der Waals surface area contributed by atoms with Crippen LogP contribution in [0.3, 0.4) is 0 Å². The Hall–Kier alpha value is -4.18. The number of nitrogens with zero attached hydrogens (tertiary/aromatic N) is 4. The van der Waals surface area contributed by atoms with Crippen LogP contribution in [0.25, 0.3) is 22.3 Å². The van der Waals surface area contributed by atoms with Crippen LogP contribution in [0.2, 0.25) is 0 Å². The molecule has 2 aliphatic carbocycles. The van der Waals surface area contributed by atoms with Crippen LogP contribution in [-0.4, -0.2) is 71.0 Å². The number of benzene rings is 2. The van der Waals surface area contributed by atoms with Gasteiger partial charge in [0.2, 0.25) is 5.95 Å². The van der Waals surface area contributed by atoms with Gasteiger partial charge in [-0.3, -0.25) is 9.69 Å². The van der Waals surface area contributed by atoms with Gasteiger partial charge in [0.15, 0.2) is 0 Å². The van der Waals surface area contributed by atoms with Crippen LogP contribution < -0.4 is 11.1 Å². The Kier molecular flexibility index (Phi) is 9.02. The number of nitrogens with two attached hydrogens (primary N) is 1. The van der Waals surface area contributed by atoms with Crippen molar-refractivity contribution in [1.29, 1.82) is 0 Å². The third-order valence-electron chi connectivity index (χ3n) is 10.6. The largest absolute Gasteiger partial charge is 0.383 e. The van der Waals surface area contributed by atoms with E-state index in [1.54, 1.807) is 18.2 Å². The molecule has 2 aromatic carbocycles. The van der Waals surface area contributed by atoms with Gasteiger partial charge in [-0.05, 0) is 84.2 Å². The molecule has 1 aliphatic heterocycles. The quantitative estimate of drug-likeness (QED) is 0.215. The molecule has 9 heteroatoms. The van der Waals surface area contributed by atoms with Gasteiger partial charge in [-0.25, -0.2) is 9.97 Å². The zero-order valence-corrected chi connectivity index (χ0v) is 28.1. The SMILES string of the molecule is CN1CCN([C@H]2CC(C)(C)c3cc(-c4ccc(CO[C@H]5CCC[C@@H]5NC(=O)c5cc(-c6cccnc6F)cnc5N)cc4)ccc32)CC1. The molecule has 8 nitrogen and oxygen atoms in total. The van der Waals surface area contributed by atoms with E-state index in [0.29, 0.717) is 18.2 Å². The van der Waals surface area contributed by atoms with Gasteiger partial charge in [-0.2, -0.15) is 4.39 Å². The average Bonchev–Trinajstić information content (AvgIpc) is 3.65. The smallest absolute Gasteiger partial charge is 0.255 e. The van der Waals surface area contributed by atoms with Gasteiger partial charge < -0.3 is 20.7 Å². The van der Waals surface area contributed by atoms with Gasteiger partial charge in [0.25, 0.3) is 5.91 Å². The molecule has 3 N–H and O–H groups in total. The molecule has 2 aromatic heterocycles. The number of nitrogens with one attached hydrogen (secondary N) is 1. The number of likely N-dealkylation sites (N-methyl/N-ethyl adjacent to an activating group) is 1. The Bertz CT molecular complexity index is 1790. The Morgan fingerprint density at radius 2 is 1.77 bits per heavy atom. The number of nitrogen functional groups attached to an aromatic ring is 1. The molecule has 1 saturated carbocycles. The molecule has 3 aliphatic rings. The van der Waals surface area contributed by atoms with E-state index in [-0.39, 0.29) is 40.4 Å². The highest BCUT2D eigenvalue weighted by atomic mass is 19.1. The Labute approximate surface area is 282 Å². The third-order valence-corrected chi connectivity index (χ3v) is 10.6. The fourth-order valence-electron chi connectivity index (χ4n) is 7.71. The van der Waals surface area contributed by atoms with Crippen molar-refractivity contribution in [2.45, 2.75) is 69.7 Å². The molecular weight excluding hydrogens is 603 g/mol. The number of fused-ring (bicyclic) bond motifs is 1. The van der Waals surface area contributed by atoms with E-state index in [1.807, 2.05) is 0 Å². The minimum absolute atomic E-state index is 0.0953. The summed E-state index contributed by atoms with van der Waals surface area (Å²) >= 11 is 0. The van der Waals surface area contributed by atoms with Crippen LogP contribution in [0.15, 0.2) is 73.1 Å². The van der Waals surface area contributed by atoms with Crippen molar-refractivity contribution >= 4 is 11.7 Å². The van der Waals surface area contributed by atoms with Crippen LogP contribution in [0, 0.1) is 5.95 Å². The molecule has 0 bridgehead atoms. The number of aromatic nitrogens is 2. The molecule has 250 valence electrons. The summed E-state index contributed by atoms with van der Waals surface area (Å²) in [6.45, 7) is 9.76. The van der Waals surface area contributed by atoms with Gasteiger partial charge in [0.1, 0.15) is 5.82 Å². The number of carbonyl (C=O) groups is 1. The summed E-state index contributed by atoms with van der Waals surface area (Å²) in [5, 5.41) is 3.10. The second-order valence-electron chi connectivity index (χ2n) is 14.3. The lowest BCUT2D eigenvalue weighted by atomic mass is 9.85. The summed E-state index contributed by atoms with van der Waals surface area (Å²) in [4.78, 5) is 26.3. The van der Waals surface area contributed by atoms with Crippen LogP contribution in [-0.2, 0) is 16.8 Å². The maximum atomic E-state index is 14.3. The highest BCUT2D eigenvalue weighted by Gasteiger charge is 2.40. The summed E-state index contributed by atoms with van der Waals surface area (Å²) in [5.41, 5.74) is 13.6. The number of hydrogen-bond donors (Lipinski definition) is 2. The summed E-state index contributed by atoms with van der Waals surface area (Å²) in [6, 6.07) is 20.8.